The molecule has 1 amide bonds. The molecule has 0 aliphatic rings. The van der Waals surface area contributed by atoms with Crippen LogP contribution in [0.3, 0.4) is 0 Å². The molecule has 0 aromatic heterocycles. The Morgan fingerprint density at radius 1 is 0.775 bits per heavy atom. The predicted molar refractivity (Wildman–Crippen MR) is 178 cm³/mol. The van der Waals surface area contributed by atoms with Gasteiger partial charge in [0.25, 0.3) is 0 Å². The summed E-state index contributed by atoms with van der Waals surface area (Å²) in [6.45, 7) is 16.9. The lowest BCUT2D eigenvalue weighted by molar-refractivity contribution is -0.140. The van der Waals surface area contributed by atoms with Gasteiger partial charge in [0.15, 0.2) is 0 Å². The third-order valence-corrected chi connectivity index (χ3v) is 16.8. The molecule has 214 valence electrons. The monoisotopic (exact) mass is 607 g/mol. The summed E-state index contributed by atoms with van der Waals surface area (Å²) in [6, 6.07) is 31.1. The fourth-order valence-electron chi connectivity index (χ4n) is 5.09. The fraction of sp³-hybridized carbons (Fsp3) is 0.323. The van der Waals surface area contributed by atoms with Crippen molar-refractivity contribution >= 4 is 56.7 Å². The predicted octanol–water partition coefficient (Wildman–Crippen LogP) is 3.75. The zero-order valence-corrected chi connectivity index (χ0v) is 30.3. The molecular formula is C31H45NO4Si4. The van der Waals surface area contributed by atoms with E-state index in [0.29, 0.717) is 16.7 Å². The van der Waals surface area contributed by atoms with E-state index >= 15 is 0 Å². The van der Waals surface area contributed by atoms with E-state index < -0.39 is 36.6 Å². The van der Waals surface area contributed by atoms with Crippen molar-refractivity contribution in [3.05, 3.63) is 104 Å². The highest BCUT2D eigenvalue weighted by Crippen LogP contribution is 2.29. The molecule has 0 spiro atoms. The van der Waals surface area contributed by atoms with Crippen molar-refractivity contribution in [2.24, 2.45) is 0 Å². The van der Waals surface area contributed by atoms with E-state index in [0.717, 1.165) is 0 Å². The Kier molecular flexibility index (Phi) is 10.5. The number of rotatable bonds is 13. The number of hydrogen-bond donors (Lipinski definition) is 0. The van der Waals surface area contributed by atoms with Crippen LogP contribution in [0, 0.1) is 0 Å². The smallest absolute Gasteiger partial charge is 0.247 e. The molecule has 1 atom stereocenters. The molecule has 40 heavy (non-hydrogen) atoms. The number of amides is 1. The van der Waals surface area contributed by atoms with Crippen molar-refractivity contribution in [2.45, 2.75) is 57.3 Å². The zero-order valence-electron chi connectivity index (χ0n) is 25.3. The van der Waals surface area contributed by atoms with E-state index in [-0.39, 0.29) is 5.91 Å². The molecule has 9 heteroatoms. The Labute approximate surface area is 247 Å². The second-order valence-electron chi connectivity index (χ2n) is 11.9. The van der Waals surface area contributed by atoms with Crippen LogP contribution in [0.1, 0.15) is 6.42 Å². The summed E-state index contributed by atoms with van der Waals surface area (Å²) in [5.74, 6) is -0.189. The maximum absolute atomic E-state index is 13.0. The van der Waals surface area contributed by atoms with Gasteiger partial charge in [0, 0.05) is 13.5 Å². The van der Waals surface area contributed by atoms with Gasteiger partial charge in [-0.2, -0.15) is 0 Å². The molecule has 0 saturated carbocycles. The topological polar surface area (TPSA) is 48.0 Å². The third kappa shape index (κ3) is 8.32. The van der Waals surface area contributed by atoms with Crippen molar-refractivity contribution in [1.82, 2.24) is 4.90 Å². The van der Waals surface area contributed by atoms with Gasteiger partial charge in [-0.3, -0.25) is 4.79 Å². The first-order valence-electron chi connectivity index (χ1n) is 13.8. The van der Waals surface area contributed by atoms with Gasteiger partial charge in [-0.15, -0.1) is 0 Å². The van der Waals surface area contributed by atoms with Crippen molar-refractivity contribution in [3.8, 4) is 0 Å². The minimum Gasteiger partial charge on any atom is -0.393 e. The van der Waals surface area contributed by atoms with E-state index in [2.05, 4.69) is 107 Å². The van der Waals surface area contributed by atoms with Crippen LogP contribution in [0.15, 0.2) is 104 Å². The highest BCUT2D eigenvalue weighted by atomic mass is 28.4. The third-order valence-electron chi connectivity index (χ3n) is 7.28. The molecule has 0 radical (unpaired) electrons. The normalized spacial score (nSPS) is 13.6. The van der Waals surface area contributed by atoms with Crippen LogP contribution in [0.5, 0.6) is 0 Å². The molecule has 0 fully saturated rings. The average molecular weight is 608 g/mol. The van der Waals surface area contributed by atoms with Crippen LogP contribution in [-0.2, 0) is 18.1 Å². The van der Waals surface area contributed by atoms with Crippen LogP contribution in [0.2, 0.25) is 39.3 Å². The lowest BCUT2D eigenvalue weighted by atomic mass is 10.3. The van der Waals surface area contributed by atoms with Crippen LogP contribution in [0.4, 0.5) is 0 Å². The largest absolute Gasteiger partial charge is 0.393 e. The van der Waals surface area contributed by atoms with Crippen LogP contribution in [-0.4, -0.2) is 64.7 Å². The molecule has 0 aliphatic heterocycles. The summed E-state index contributed by atoms with van der Waals surface area (Å²) >= 11 is 0. The van der Waals surface area contributed by atoms with E-state index in [1.807, 2.05) is 30.3 Å². The Morgan fingerprint density at radius 3 is 1.48 bits per heavy atom. The summed E-state index contributed by atoms with van der Waals surface area (Å²) < 4.78 is 21.3. The molecule has 5 nitrogen and oxygen atoms in total. The van der Waals surface area contributed by atoms with Crippen molar-refractivity contribution in [3.63, 3.8) is 0 Å². The number of hydrogen-bond acceptors (Lipinski definition) is 4. The van der Waals surface area contributed by atoms with Gasteiger partial charge >= 0.3 is 0 Å². The molecule has 0 saturated heterocycles. The Bertz CT molecular complexity index is 1200. The van der Waals surface area contributed by atoms with Crippen molar-refractivity contribution in [1.29, 1.82) is 0 Å². The highest BCUT2D eigenvalue weighted by Gasteiger charge is 2.45. The Hall–Kier alpha value is -2.38. The second kappa shape index (κ2) is 13.1. The lowest BCUT2D eigenvalue weighted by Crippen LogP contribution is -2.62. The SMILES string of the molecule is C=CC(=O)N(C)C(CC([SiH3])(O[Si](C)(C)c1ccccc1)O[Si](C)(C)c1ccccc1)O[Si](C)(C)c1ccccc1. The molecule has 0 N–H and O–H groups in total. The summed E-state index contributed by atoms with van der Waals surface area (Å²) in [6.07, 6.45) is 1.20. The molecule has 0 bridgehead atoms. The van der Waals surface area contributed by atoms with Gasteiger partial charge < -0.3 is 18.2 Å². The Morgan fingerprint density at radius 2 is 1.12 bits per heavy atom. The first-order chi connectivity index (χ1) is 18.7. The maximum atomic E-state index is 13.0. The average Bonchev–Trinajstić information content (AvgIpc) is 2.92. The Balaban J connectivity index is 2.05. The summed E-state index contributed by atoms with van der Waals surface area (Å²) in [5, 5.41) is 3.56. The summed E-state index contributed by atoms with van der Waals surface area (Å²) in [4.78, 5) is 14.6. The van der Waals surface area contributed by atoms with Crippen molar-refractivity contribution < 1.29 is 18.1 Å². The lowest BCUT2D eigenvalue weighted by Gasteiger charge is -2.46. The minimum atomic E-state index is -2.41. The number of likely N-dealkylation sites (N-methyl/N-ethyl adjacent to an activating group) is 1. The van der Waals surface area contributed by atoms with Gasteiger partial charge in [0.05, 0.1) is 10.2 Å². The van der Waals surface area contributed by atoms with Gasteiger partial charge in [0.2, 0.25) is 30.9 Å². The summed E-state index contributed by atoms with van der Waals surface area (Å²) in [7, 11) is -4.87. The minimum absolute atomic E-state index is 0.189. The van der Waals surface area contributed by atoms with E-state index in [1.54, 1.807) is 11.9 Å². The molecule has 0 aliphatic carbocycles. The molecule has 0 heterocycles. The number of benzene rings is 3. The molecule has 1 unspecified atom stereocenters. The fourth-order valence-corrected chi connectivity index (χ4v) is 15.3. The van der Waals surface area contributed by atoms with E-state index in [9.17, 15) is 4.79 Å². The molecular weight excluding hydrogens is 563 g/mol. The number of carbonyl (C=O) groups is 1. The van der Waals surface area contributed by atoms with Gasteiger partial charge in [-0.25, -0.2) is 0 Å². The van der Waals surface area contributed by atoms with Crippen LogP contribution in [0.25, 0.3) is 0 Å². The van der Waals surface area contributed by atoms with Crippen molar-refractivity contribution in [2.75, 3.05) is 7.05 Å². The number of nitrogens with zero attached hydrogens (tertiary/aromatic N) is 1. The summed E-state index contributed by atoms with van der Waals surface area (Å²) in [5.41, 5.74) is -0.890. The highest BCUT2D eigenvalue weighted by molar-refractivity contribution is 6.86. The second-order valence-corrected chi connectivity index (χ2v) is 24.9. The number of carbonyl (C=O) groups excluding carboxylic acids is 1. The van der Waals surface area contributed by atoms with Crippen LogP contribution < -0.4 is 15.6 Å². The maximum Gasteiger partial charge on any atom is 0.247 e. The first kappa shape index (κ1) is 32.1. The van der Waals surface area contributed by atoms with Gasteiger partial charge in [-0.1, -0.05) is 97.6 Å². The molecule has 3 aromatic carbocycles. The first-order valence-corrected chi connectivity index (χ1v) is 23.6. The van der Waals surface area contributed by atoms with Gasteiger partial charge in [0.1, 0.15) is 11.6 Å². The van der Waals surface area contributed by atoms with E-state index in [1.165, 1.54) is 21.6 Å². The van der Waals surface area contributed by atoms with Gasteiger partial charge in [-0.05, 0) is 60.9 Å². The quantitative estimate of drug-likeness (QED) is 0.169. The zero-order chi connectivity index (χ0) is 29.6. The standard InChI is InChI=1S/C31H45NO4Si4/c1-9-29(33)32(2)30(34-38(3,4)26-19-13-10-14-20-26)25-31(37,35-39(5,6)27-21-15-11-16-22-27)36-40(7,8)28-23-17-12-18-24-28/h9-24,30H,1,25H2,2-8,37H3. The molecule has 3 aromatic rings. The van der Waals surface area contributed by atoms with Crippen LogP contribution >= 0.6 is 0 Å². The van der Waals surface area contributed by atoms with E-state index in [4.69, 9.17) is 13.3 Å². The molecule has 3 rings (SSSR count).